The highest BCUT2D eigenvalue weighted by molar-refractivity contribution is 5.72. The van der Waals surface area contributed by atoms with Gasteiger partial charge in [0.1, 0.15) is 0 Å². The van der Waals surface area contributed by atoms with Crippen molar-refractivity contribution < 1.29 is 4.79 Å². The van der Waals surface area contributed by atoms with Crippen LogP contribution in [0.2, 0.25) is 0 Å². The summed E-state index contributed by atoms with van der Waals surface area (Å²) < 4.78 is 0. The number of carbonyl (C=O) groups excluding carboxylic acids is 1. The van der Waals surface area contributed by atoms with Crippen LogP contribution in [0.3, 0.4) is 0 Å². The predicted molar refractivity (Wildman–Crippen MR) is 41.6 cm³/mol. The number of nitrogens with one attached hydrogen (secondary N) is 1. The second-order valence-corrected chi connectivity index (χ2v) is 2.49. The molecule has 0 saturated heterocycles. The van der Waals surface area contributed by atoms with Gasteiger partial charge in [0.15, 0.2) is 0 Å². The summed E-state index contributed by atoms with van der Waals surface area (Å²) in [5, 5.41) is 2.67. The summed E-state index contributed by atoms with van der Waals surface area (Å²) in [7, 11) is 0. The molecular formula is C7H16N2O. The number of rotatable bonds is 4. The van der Waals surface area contributed by atoms with Gasteiger partial charge in [0.05, 0.1) is 0 Å². The van der Waals surface area contributed by atoms with Gasteiger partial charge in [-0.15, -0.1) is 0 Å². The quantitative estimate of drug-likeness (QED) is 0.594. The lowest BCUT2D eigenvalue weighted by atomic mass is 10.2. The third kappa shape index (κ3) is 5.56. The smallest absolute Gasteiger partial charge is 0.216 e. The van der Waals surface area contributed by atoms with Gasteiger partial charge in [-0.2, -0.15) is 0 Å². The van der Waals surface area contributed by atoms with Crippen LogP contribution in [-0.4, -0.2) is 18.5 Å². The van der Waals surface area contributed by atoms with E-state index in [1.165, 1.54) is 6.92 Å². The van der Waals surface area contributed by atoms with Gasteiger partial charge in [-0.05, 0) is 6.42 Å². The Morgan fingerprint density at radius 1 is 1.70 bits per heavy atom. The minimum atomic E-state index is -0.00782. The summed E-state index contributed by atoms with van der Waals surface area (Å²) in [6, 6.07) is 0.119. The standard InChI is InChI=1S/C7H16N2O/c1-3-4-7(8)5-9-6(2)10/h7H,3-5,8H2,1-2H3,(H,9,10). The van der Waals surface area contributed by atoms with Crippen LogP contribution in [0.1, 0.15) is 26.7 Å². The predicted octanol–water partition coefficient (Wildman–Crippen LogP) is 0.250. The van der Waals surface area contributed by atoms with E-state index in [0.29, 0.717) is 6.54 Å². The third-order valence-corrected chi connectivity index (χ3v) is 1.27. The summed E-state index contributed by atoms with van der Waals surface area (Å²) in [4.78, 5) is 10.4. The maximum atomic E-state index is 10.4. The van der Waals surface area contributed by atoms with E-state index >= 15 is 0 Å². The lowest BCUT2D eigenvalue weighted by Crippen LogP contribution is -2.35. The monoisotopic (exact) mass is 144 g/mol. The summed E-state index contributed by atoms with van der Waals surface area (Å²) in [6.07, 6.45) is 2.04. The molecule has 0 bridgehead atoms. The minimum absolute atomic E-state index is 0.00782. The fourth-order valence-electron chi connectivity index (χ4n) is 0.748. The van der Waals surface area contributed by atoms with E-state index in [9.17, 15) is 4.79 Å². The zero-order valence-corrected chi connectivity index (χ0v) is 6.68. The van der Waals surface area contributed by atoms with Crippen molar-refractivity contribution in [2.45, 2.75) is 32.7 Å². The first-order valence-electron chi connectivity index (χ1n) is 3.66. The van der Waals surface area contributed by atoms with Crippen molar-refractivity contribution in [3.8, 4) is 0 Å². The van der Waals surface area contributed by atoms with Crippen LogP contribution in [0.4, 0.5) is 0 Å². The zero-order valence-electron chi connectivity index (χ0n) is 6.68. The largest absolute Gasteiger partial charge is 0.355 e. The molecule has 0 aromatic rings. The maximum Gasteiger partial charge on any atom is 0.216 e. The third-order valence-electron chi connectivity index (χ3n) is 1.27. The Morgan fingerprint density at radius 2 is 2.30 bits per heavy atom. The first-order valence-corrected chi connectivity index (χ1v) is 3.66. The number of hydrogen-bond acceptors (Lipinski definition) is 2. The molecule has 0 aliphatic carbocycles. The van der Waals surface area contributed by atoms with Crippen molar-refractivity contribution >= 4 is 5.91 Å². The van der Waals surface area contributed by atoms with E-state index in [1.807, 2.05) is 0 Å². The number of hydrogen-bond donors (Lipinski definition) is 2. The molecule has 0 saturated carbocycles. The summed E-state index contributed by atoms with van der Waals surface area (Å²) in [6.45, 7) is 4.18. The average Bonchev–Trinajstić information content (AvgIpc) is 1.85. The van der Waals surface area contributed by atoms with Crippen molar-refractivity contribution in [3.63, 3.8) is 0 Å². The Bertz CT molecular complexity index is 104. The van der Waals surface area contributed by atoms with E-state index in [0.717, 1.165) is 12.8 Å². The highest BCUT2D eigenvalue weighted by atomic mass is 16.1. The molecule has 3 N–H and O–H groups in total. The minimum Gasteiger partial charge on any atom is -0.355 e. The molecule has 0 aliphatic heterocycles. The first kappa shape index (κ1) is 9.43. The maximum absolute atomic E-state index is 10.4. The van der Waals surface area contributed by atoms with Gasteiger partial charge >= 0.3 is 0 Å². The summed E-state index contributed by atoms with van der Waals surface area (Å²) in [5.41, 5.74) is 5.62. The van der Waals surface area contributed by atoms with Crippen LogP contribution in [0.25, 0.3) is 0 Å². The first-order chi connectivity index (χ1) is 4.66. The Balaban J connectivity index is 3.21. The molecule has 3 heteroatoms. The molecule has 0 rings (SSSR count). The van der Waals surface area contributed by atoms with Crippen LogP contribution < -0.4 is 11.1 Å². The van der Waals surface area contributed by atoms with E-state index in [4.69, 9.17) is 5.73 Å². The second-order valence-electron chi connectivity index (χ2n) is 2.49. The van der Waals surface area contributed by atoms with Gasteiger partial charge in [0, 0.05) is 19.5 Å². The van der Waals surface area contributed by atoms with E-state index < -0.39 is 0 Å². The lowest BCUT2D eigenvalue weighted by Gasteiger charge is -2.09. The molecule has 0 radical (unpaired) electrons. The van der Waals surface area contributed by atoms with Crippen molar-refractivity contribution in [3.05, 3.63) is 0 Å². The SMILES string of the molecule is CCCC(N)CNC(C)=O. The molecule has 0 aliphatic rings. The van der Waals surface area contributed by atoms with Crippen molar-refractivity contribution in [2.75, 3.05) is 6.54 Å². The Hall–Kier alpha value is -0.570. The molecule has 3 nitrogen and oxygen atoms in total. The molecule has 60 valence electrons. The molecule has 0 heterocycles. The van der Waals surface area contributed by atoms with Crippen LogP contribution in [-0.2, 0) is 4.79 Å². The topological polar surface area (TPSA) is 55.1 Å². The highest BCUT2D eigenvalue weighted by Gasteiger charge is 1.99. The molecule has 0 aromatic heterocycles. The molecule has 1 unspecified atom stereocenters. The molecule has 1 atom stereocenters. The van der Waals surface area contributed by atoms with Gasteiger partial charge in [0.2, 0.25) is 5.91 Å². The van der Waals surface area contributed by atoms with Gasteiger partial charge in [-0.25, -0.2) is 0 Å². The van der Waals surface area contributed by atoms with Gasteiger partial charge in [0.25, 0.3) is 0 Å². The molecule has 0 spiro atoms. The Morgan fingerprint density at radius 3 is 2.70 bits per heavy atom. The van der Waals surface area contributed by atoms with Gasteiger partial charge < -0.3 is 11.1 Å². The number of nitrogens with two attached hydrogens (primary N) is 1. The number of carbonyl (C=O) groups is 1. The van der Waals surface area contributed by atoms with E-state index in [-0.39, 0.29) is 11.9 Å². The molecule has 0 fully saturated rings. The average molecular weight is 144 g/mol. The van der Waals surface area contributed by atoms with Crippen molar-refractivity contribution in [1.82, 2.24) is 5.32 Å². The van der Waals surface area contributed by atoms with Gasteiger partial charge in [-0.3, -0.25) is 4.79 Å². The molecule has 10 heavy (non-hydrogen) atoms. The zero-order chi connectivity index (χ0) is 7.98. The van der Waals surface area contributed by atoms with E-state index in [1.54, 1.807) is 0 Å². The molecule has 1 amide bonds. The summed E-state index contributed by atoms with van der Waals surface area (Å²) >= 11 is 0. The van der Waals surface area contributed by atoms with Crippen LogP contribution in [0, 0.1) is 0 Å². The Kier molecular flexibility index (Phi) is 4.94. The Labute approximate surface area is 62.0 Å². The summed E-state index contributed by atoms with van der Waals surface area (Å²) in [5.74, 6) is -0.00782. The fourth-order valence-corrected chi connectivity index (χ4v) is 0.748. The van der Waals surface area contributed by atoms with Crippen LogP contribution in [0.15, 0.2) is 0 Å². The number of amides is 1. The van der Waals surface area contributed by atoms with Crippen molar-refractivity contribution in [1.29, 1.82) is 0 Å². The fraction of sp³-hybridized carbons (Fsp3) is 0.857. The normalized spacial score (nSPS) is 12.7. The van der Waals surface area contributed by atoms with Gasteiger partial charge in [-0.1, -0.05) is 13.3 Å². The van der Waals surface area contributed by atoms with Crippen LogP contribution >= 0.6 is 0 Å². The van der Waals surface area contributed by atoms with Crippen LogP contribution in [0.5, 0.6) is 0 Å². The molecular weight excluding hydrogens is 128 g/mol. The lowest BCUT2D eigenvalue weighted by molar-refractivity contribution is -0.119. The highest BCUT2D eigenvalue weighted by Crippen LogP contribution is 1.90. The molecule has 0 aromatic carbocycles. The van der Waals surface area contributed by atoms with E-state index in [2.05, 4.69) is 12.2 Å². The van der Waals surface area contributed by atoms with Crippen molar-refractivity contribution in [2.24, 2.45) is 5.73 Å². The second kappa shape index (κ2) is 5.23.